The van der Waals surface area contributed by atoms with Crippen LogP contribution >= 0.6 is 0 Å². The van der Waals surface area contributed by atoms with Gasteiger partial charge in [-0.05, 0) is 55.1 Å². The first kappa shape index (κ1) is 19.4. The summed E-state index contributed by atoms with van der Waals surface area (Å²) in [6.45, 7) is 2.12. The smallest absolute Gasteiger partial charge is 0.232 e. The predicted octanol–water partition coefficient (Wildman–Crippen LogP) is 4.47. The van der Waals surface area contributed by atoms with Crippen LogP contribution in [0.2, 0.25) is 0 Å². The Labute approximate surface area is 170 Å². The Kier molecular flexibility index (Phi) is 5.96. The zero-order valence-electron chi connectivity index (χ0n) is 16.4. The topological polar surface area (TPSA) is 46.2 Å². The molecule has 0 heterocycles. The summed E-state index contributed by atoms with van der Waals surface area (Å²) >= 11 is 0. The third-order valence-electron chi connectivity index (χ3n) is 6.56. The minimum atomic E-state index is -1.32. The maximum Gasteiger partial charge on any atom is 0.232 e. The quantitative estimate of drug-likeness (QED) is 0.752. The largest absolute Gasteiger partial charge is 0.353 e. The van der Waals surface area contributed by atoms with Crippen molar-refractivity contribution in [3.05, 3.63) is 71.8 Å². The van der Waals surface area contributed by atoms with E-state index in [1.807, 2.05) is 60.7 Å². The molecule has 0 radical (unpaired) electrons. The molecule has 2 aromatic rings. The van der Waals surface area contributed by atoms with Crippen molar-refractivity contribution < 1.29 is 9.00 Å². The molecule has 4 rings (SSSR count). The molecule has 1 amide bonds. The number of amides is 1. The van der Waals surface area contributed by atoms with Gasteiger partial charge in [0.2, 0.25) is 5.91 Å². The second-order valence-electron chi connectivity index (χ2n) is 8.42. The lowest BCUT2D eigenvalue weighted by molar-refractivity contribution is -0.119. The molecular formula is C24H29NO2S. The SMILES string of the molecule is C[C@H](NC(=O)C[S@](=O)C(c1ccccc1)c1ccccc1)[C@H]1C[C@H]2CC[C@H]1C2. The van der Waals surface area contributed by atoms with Gasteiger partial charge in [0.25, 0.3) is 0 Å². The fraction of sp³-hybridized carbons (Fsp3) is 0.458. The highest BCUT2D eigenvalue weighted by molar-refractivity contribution is 7.86. The molecule has 3 nitrogen and oxygen atoms in total. The number of fused-ring (bicyclic) bond motifs is 2. The van der Waals surface area contributed by atoms with Gasteiger partial charge in [0.1, 0.15) is 5.75 Å². The fourth-order valence-electron chi connectivity index (χ4n) is 5.27. The molecular weight excluding hydrogens is 366 g/mol. The molecule has 28 heavy (non-hydrogen) atoms. The van der Waals surface area contributed by atoms with Crippen molar-refractivity contribution in [3.63, 3.8) is 0 Å². The molecule has 5 atom stereocenters. The predicted molar refractivity (Wildman–Crippen MR) is 114 cm³/mol. The molecule has 4 heteroatoms. The van der Waals surface area contributed by atoms with Crippen LogP contribution in [0.4, 0.5) is 0 Å². The zero-order chi connectivity index (χ0) is 19.5. The number of nitrogens with one attached hydrogen (secondary N) is 1. The lowest BCUT2D eigenvalue weighted by Crippen LogP contribution is -2.42. The normalized spacial score (nSPS) is 25.6. The van der Waals surface area contributed by atoms with Crippen LogP contribution < -0.4 is 5.32 Å². The van der Waals surface area contributed by atoms with Gasteiger partial charge in [-0.1, -0.05) is 67.1 Å². The average molecular weight is 396 g/mol. The number of benzene rings is 2. The van der Waals surface area contributed by atoms with Gasteiger partial charge in [-0.15, -0.1) is 0 Å². The summed E-state index contributed by atoms with van der Waals surface area (Å²) in [6, 6.07) is 19.9. The van der Waals surface area contributed by atoms with Gasteiger partial charge in [-0.2, -0.15) is 0 Å². The van der Waals surface area contributed by atoms with E-state index < -0.39 is 10.8 Å². The summed E-state index contributed by atoms with van der Waals surface area (Å²) in [5.41, 5.74) is 1.97. The molecule has 0 spiro atoms. The molecule has 2 fully saturated rings. The zero-order valence-corrected chi connectivity index (χ0v) is 17.2. The van der Waals surface area contributed by atoms with E-state index in [1.54, 1.807) is 0 Å². The highest BCUT2D eigenvalue weighted by atomic mass is 32.2. The van der Waals surface area contributed by atoms with E-state index in [0.717, 1.165) is 23.0 Å². The van der Waals surface area contributed by atoms with Crippen molar-refractivity contribution in [2.45, 2.75) is 43.9 Å². The van der Waals surface area contributed by atoms with Crippen LogP contribution in [0.25, 0.3) is 0 Å². The molecule has 148 valence electrons. The maximum absolute atomic E-state index is 13.2. The van der Waals surface area contributed by atoms with E-state index in [-0.39, 0.29) is 23.0 Å². The third kappa shape index (κ3) is 4.22. The third-order valence-corrected chi connectivity index (χ3v) is 8.18. The van der Waals surface area contributed by atoms with Gasteiger partial charge in [0.05, 0.1) is 5.25 Å². The monoisotopic (exact) mass is 395 g/mol. The summed E-state index contributed by atoms with van der Waals surface area (Å²) < 4.78 is 13.2. The van der Waals surface area contributed by atoms with Gasteiger partial charge in [0.15, 0.2) is 0 Å². The molecule has 2 aliphatic rings. The molecule has 0 aromatic heterocycles. The number of carbonyl (C=O) groups excluding carboxylic acids is 1. The first-order chi connectivity index (χ1) is 13.6. The molecule has 2 aromatic carbocycles. The first-order valence-electron chi connectivity index (χ1n) is 10.4. The highest BCUT2D eigenvalue weighted by Crippen LogP contribution is 2.49. The minimum Gasteiger partial charge on any atom is -0.353 e. The van der Waals surface area contributed by atoms with Crippen LogP contribution in [-0.2, 0) is 15.6 Å². The van der Waals surface area contributed by atoms with Crippen molar-refractivity contribution in [1.82, 2.24) is 5.32 Å². The maximum atomic E-state index is 13.2. The van der Waals surface area contributed by atoms with Gasteiger partial charge < -0.3 is 5.32 Å². The van der Waals surface area contributed by atoms with E-state index in [0.29, 0.717) is 5.92 Å². The lowest BCUT2D eigenvalue weighted by Gasteiger charge is -2.28. The van der Waals surface area contributed by atoms with E-state index in [4.69, 9.17) is 0 Å². The molecule has 2 bridgehead atoms. The van der Waals surface area contributed by atoms with Crippen molar-refractivity contribution in [3.8, 4) is 0 Å². The van der Waals surface area contributed by atoms with Gasteiger partial charge in [-0.25, -0.2) is 0 Å². The van der Waals surface area contributed by atoms with E-state index >= 15 is 0 Å². The number of carbonyl (C=O) groups is 1. The summed E-state index contributed by atoms with van der Waals surface area (Å²) in [4.78, 5) is 12.7. The van der Waals surface area contributed by atoms with Crippen LogP contribution in [0.15, 0.2) is 60.7 Å². The van der Waals surface area contributed by atoms with Crippen molar-refractivity contribution in [1.29, 1.82) is 0 Å². The van der Waals surface area contributed by atoms with Crippen LogP contribution in [0.5, 0.6) is 0 Å². The fourth-order valence-corrected chi connectivity index (χ4v) is 6.70. The highest BCUT2D eigenvalue weighted by Gasteiger charge is 2.42. The minimum absolute atomic E-state index is 0.0413. The second-order valence-corrected chi connectivity index (χ2v) is 9.94. The summed E-state index contributed by atoms with van der Waals surface area (Å²) in [5.74, 6) is 2.18. The van der Waals surface area contributed by atoms with Gasteiger partial charge in [0, 0.05) is 16.8 Å². The van der Waals surface area contributed by atoms with Crippen molar-refractivity contribution in [2.75, 3.05) is 5.75 Å². The number of hydrogen-bond donors (Lipinski definition) is 1. The van der Waals surface area contributed by atoms with Crippen LogP contribution in [0.1, 0.15) is 49.0 Å². The van der Waals surface area contributed by atoms with Crippen molar-refractivity contribution in [2.24, 2.45) is 17.8 Å². The summed E-state index contributed by atoms with van der Waals surface area (Å²) in [6.07, 6.45) is 5.25. The Morgan fingerprint density at radius 2 is 1.61 bits per heavy atom. The molecule has 0 unspecified atom stereocenters. The Morgan fingerprint density at radius 3 is 2.11 bits per heavy atom. The molecule has 0 saturated heterocycles. The Morgan fingerprint density at radius 1 is 1.00 bits per heavy atom. The summed E-state index contributed by atoms with van der Waals surface area (Å²) in [5, 5.41) is 2.88. The van der Waals surface area contributed by atoms with Crippen LogP contribution in [0.3, 0.4) is 0 Å². The Hall–Kier alpha value is -1.94. The second kappa shape index (κ2) is 8.60. The lowest BCUT2D eigenvalue weighted by atomic mass is 9.84. The number of rotatable bonds is 7. The number of hydrogen-bond acceptors (Lipinski definition) is 2. The Balaban J connectivity index is 1.43. The molecule has 2 saturated carbocycles. The summed E-state index contributed by atoms with van der Waals surface area (Å²) in [7, 11) is -1.32. The van der Waals surface area contributed by atoms with E-state index in [9.17, 15) is 9.00 Å². The molecule has 2 aliphatic carbocycles. The molecule has 0 aliphatic heterocycles. The van der Waals surface area contributed by atoms with E-state index in [2.05, 4.69) is 12.2 Å². The standard InChI is InChI=1S/C24H29NO2S/c1-17(22-15-18-12-13-21(22)14-18)25-23(26)16-28(27)24(19-8-4-2-5-9-19)20-10-6-3-7-11-20/h2-11,17-18,21-22,24H,12-16H2,1H3,(H,25,26)/t17-,18-,21-,22+,28-/m0/s1. The van der Waals surface area contributed by atoms with Gasteiger partial charge in [-0.3, -0.25) is 9.00 Å². The van der Waals surface area contributed by atoms with Gasteiger partial charge >= 0.3 is 0 Å². The van der Waals surface area contributed by atoms with Crippen LogP contribution in [0, 0.1) is 17.8 Å². The Bertz CT molecular complexity index is 784. The first-order valence-corrected chi connectivity index (χ1v) is 11.8. The van der Waals surface area contributed by atoms with E-state index in [1.165, 1.54) is 25.7 Å². The average Bonchev–Trinajstić information content (AvgIpc) is 3.33. The van der Waals surface area contributed by atoms with Crippen molar-refractivity contribution >= 4 is 16.7 Å². The molecule has 1 N–H and O–H groups in total. The van der Waals surface area contributed by atoms with Crippen LogP contribution in [-0.4, -0.2) is 21.9 Å².